The van der Waals surface area contributed by atoms with Crippen LogP contribution >= 0.6 is 0 Å². The van der Waals surface area contributed by atoms with Crippen molar-refractivity contribution >= 4 is 5.91 Å². The van der Waals surface area contributed by atoms with Gasteiger partial charge in [0.15, 0.2) is 0 Å². The molecule has 82 valence electrons. The average Bonchev–Trinajstić information content (AvgIpc) is 2.81. The normalized spacial score (nSPS) is 10.1. The SMILES string of the molecule is COc1ccc(C(N)=O)c(-n2cccc2)c1. The van der Waals surface area contributed by atoms with Gasteiger partial charge in [0.05, 0.1) is 18.4 Å². The highest BCUT2D eigenvalue weighted by Gasteiger charge is 2.10. The maximum absolute atomic E-state index is 11.3. The van der Waals surface area contributed by atoms with Crippen molar-refractivity contribution in [3.63, 3.8) is 0 Å². The molecule has 0 saturated carbocycles. The first-order chi connectivity index (χ1) is 7.72. The second kappa shape index (κ2) is 4.10. The summed E-state index contributed by atoms with van der Waals surface area (Å²) in [6.07, 6.45) is 3.70. The molecule has 1 aromatic carbocycles. The third kappa shape index (κ3) is 1.77. The summed E-state index contributed by atoms with van der Waals surface area (Å²) in [5, 5.41) is 0. The molecular formula is C12H12N2O2. The zero-order valence-corrected chi connectivity index (χ0v) is 8.88. The molecule has 4 nitrogen and oxygen atoms in total. The lowest BCUT2D eigenvalue weighted by molar-refractivity contribution is 0.100. The molecule has 0 aliphatic rings. The van der Waals surface area contributed by atoms with Gasteiger partial charge in [-0.3, -0.25) is 4.79 Å². The fourth-order valence-electron chi connectivity index (χ4n) is 1.56. The van der Waals surface area contributed by atoms with Gasteiger partial charge < -0.3 is 15.0 Å². The second-order valence-electron chi connectivity index (χ2n) is 3.34. The van der Waals surface area contributed by atoms with Crippen LogP contribution in [0.15, 0.2) is 42.7 Å². The summed E-state index contributed by atoms with van der Waals surface area (Å²) in [7, 11) is 1.58. The van der Waals surface area contributed by atoms with Gasteiger partial charge in [-0.2, -0.15) is 0 Å². The van der Waals surface area contributed by atoms with E-state index in [2.05, 4.69) is 0 Å². The molecule has 4 heteroatoms. The van der Waals surface area contributed by atoms with Gasteiger partial charge in [-0.1, -0.05) is 0 Å². The van der Waals surface area contributed by atoms with Gasteiger partial charge in [0.1, 0.15) is 5.75 Å². The molecule has 2 rings (SSSR count). The van der Waals surface area contributed by atoms with Crippen LogP contribution in [0.4, 0.5) is 0 Å². The van der Waals surface area contributed by atoms with Crippen LogP contribution in [0, 0.1) is 0 Å². The van der Waals surface area contributed by atoms with Gasteiger partial charge in [-0.05, 0) is 24.3 Å². The Morgan fingerprint density at radius 2 is 2.00 bits per heavy atom. The van der Waals surface area contributed by atoms with Gasteiger partial charge in [0.25, 0.3) is 5.91 Å². The number of carbonyl (C=O) groups is 1. The minimum atomic E-state index is -0.452. The van der Waals surface area contributed by atoms with E-state index in [1.165, 1.54) is 0 Å². The molecule has 0 saturated heterocycles. The van der Waals surface area contributed by atoms with Crippen LogP contribution in [-0.2, 0) is 0 Å². The summed E-state index contributed by atoms with van der Waals surface area (Å²) in [6, 6.07) is 8.91. The monoisotopic (exact) mass is 216 g/mol. The average molecular weight is 216 g/mol. The van der Waals surface area contributed by atoms with E-state index >= 15 is 0 Å². The Hall–Kier alpha value is -2.23. The van der Waals surface area contributed by atoms with Gasteiger partial charge in [-0.15, -0.1) is 0 Å². The molecule has 2 N–H and O–H groups in total. The van der Waals surface area contributed by atoms with Gasteiger partial charge in [0.2, 0.25) is 0 Å². The van der Waals surface area contributed by atoms with Crippen molar-refractivity contribution in [2.75, 3.05) is 7.11 Å². The van der Waals surface area contributed by atoms with Crippen molar-refractivity contribution in [3.8, 4) is 11.4 Å². The van der Waals surface area contributed by atoms with Crippen molar-refractivity contribution < 1.29 is 9.53 Å². The Bertz CT molecular complexity index is 504. The molecular weight excluding hydrogens is 204 g/mol. The van der Waals surface area contributed by atoms with E-state index in [0.717, 1.165) is 5.69 Å². The Balaban J connectivity index is 2.59. The number of benzene rings is 1. The van der Waals surface area contributed by atoms with Gasteiger partial charge in [0, 0.05) is 18.5 Å². The number of aromatic nitrogens is 1. The van der Waals surface area contributed by atoms with Crippen LogP contribution < -0.4 is 10.5 Å². The molecule has 1 heterocycles. The summed E-state index contributed by atoms with van der Waals surface area (Å²) >= 11 is 0. The first-order valence-electron chi connectivity index (χ1n) is 4.83. The van der Waals surface area contributed by atoms with Crippen molar-refractivity contribution in [1.82, 2.24) is 4.57 Å². The molecule has 1 aromatic heterocycles. The maximum Gasteiger partial charge on any atom is 0.250 e. The van der Waals surface area contributed by atoms with Crippen LogP contribution in [0.1, 0.15) is 10.4 Å². The number of primary amides is 1. The molecule has 0 atom stereocenters. The topological polar surface area (TPSA) is 57.2 Å². The number of nitrogens with zero attached hydrogens (tertiary/aromatic N) is 1. The van der Waals surface area contributed by atoms with E-state index in [0.29, 0.717) is 11.3 Å². The molecule has 0 spiro atoms. The molecule has 16 heavy (non-hydrogen) atoms. The molecule has 0 bridgehead atoms. The number of ether oxygens (including phenoxy) is 1. The first-order valence-corrected chi connectivity index (χ1v) is 4.83. The van der Waals surface area contributed by atoms with E-state index in [4.69, 9.17) is 10.5 Å². The lowest BCUT2D eigenvalue weighted by Gasteiger charge is -2.10. The quantitative estimate of drug-likeness (QED) is 0.846. The highest BCUT2D eigenvalue weighted by molar-refractivity contribution is 5.96. The molecule has 0 aliphatic carbocycles. The lowest BCUT2D eigenvalue weighted by atomic mass is 10.1. The van der Waals surface area contributed by atoms with E-state index in [9.17, 15) is 4.79 Å². The Kier molecular flexibility index (Phi) is 2.64. The van der Waals surface area contributed by atoms with E-state index < -0.39 is 5.91 Å². The van der Waals surface area contributed by atoms with Crippen LogP contribution in [0.25, 0.3) is 5.69 Å². The van der Waals surface area contributed by atoms with Crippen molar-refractivity contribution in [2.45, 2.75) is 0 Å². The summed E-state index contributed by atoms with van der Waals surface area (Å²) in [5.74, 6) is 0.236. The highest BCUT2D eigenvalue weighted by Crippen LogP contribution is 2.21. The van der Waals surface area contributed by atoms with E-state index in [1.807, 2.05) is 29.1 Å². The minimum absolute atomic E-state index is 0.452. The standard InChI is InChI=1S/C12H12N2O2/c1-16-9-4-5-10(12(13)15)11(8-9)14-6-2-3-7-14/h2-8H,1H3,(H2,13,15). The fourth-order valence-corrected chi connectivity index (χ4v) is 1.56. The van der Waals surface area contributed by atoms with E-state index in [-0.39, 0.29) is 0 Å². The Labute approximate surface area is 93.3 Å². The number of rotatable bonds is 3. The Morgan fingerprint density at radius 1 is 1.31 bits per heavy atom. The summed E-state index contributed by atoms with van der Waals surface area (Å²) < 4.78 is 6.94. The number of nitrogens with two attached hydrogens (primary N) is 1. The number of methoxy groups -OCH3 is 1. The lowest BCUT2D eigenvalue weighted by Crippen LogP contribution is -2.14. The number of hydrogen-bond donors (Lipinski definition) is 1. The Morgan fingerprint density at radius 3 is 2.56 bits per heavy atom. The molecule has 0 fully saturated rings. The predicted octanol–water partition coefficient (Wildman–Crippen LogP) is 1.58. The molecule has 0 aliphatic heterocycles. The number of carbonyl (C=O) groups excluding carboxylic acids is 1. The largest absolute Gasteiger partial charge is 0.497 e. The number of hydrogen-bond acceptors (Lipinski definition) is 2. The van der Waals surface area contributed by atoms with Crippen molar-refractivity contribution in [2.24, 2.45) is 5.73 Å². The fraction of sp³-hybridized carbons (Fsp3) is 0.0833. The van der Waals surface area contributed by atoms with Gasteiger partial charge in [-0.25, -0.2) is 0 Å². The predicted molar refractivity (Wildman–Crippen MR) is 60.8 cm³/mol. The third-order valence-corrected chi connectivity index (χ3v) is 2.35. The zero-order chi connectivity index (χ0) is 11.5. The smallest absolute Gasteiger partial charge is 0.250 e. The highest BCUT2D eigenvalue weighted by atomic mass is 16.5. The first kappa shape index (κ1) is 10.3. The molecule has 0 radical (unpaired) electrons. The molecule has 0 unspecified atom stereocenters. The second-order valence-corrected chi connectivity index (χ2v) is 3.34. The zero-order valence-electron chi connectivity index (χ0n) is 8.88. The van der Waals surface area contributed by atoms with Crippen LogP contribution in [-0.4, -0.2) is 17.6 Å². The minimum Gasteiger partial charge on any atom is -0.497 e. The van der Waals surface area contributed by atoms with Crippen LogP contribution in [0.2, 0.25) is 0 Å². The molecule has 2 aromatic rings. The summed E-state index contributed by atoms with van der Waals surface area (Å²) in [6.45, 7) is 0. The van der Waals surface area contributed by atoms with E-state index in [1.54, 1.807) is 25.3 Å². The van der Waals surface area contributed by atoms with Crippen molar-refractivity contribution in [1.29, 1.82) is 0 Å². The van der Waals surface area contributed by atoms with Gasteiger partial charge >= 0.3 is 0 Å². The summed E-state index contributed by atoms with van der Waals surface area (Å²) in [4.78, 5) is 11.3. The summed E-state index contributed by atoms with van der Waals surface area (Å²) in [5.41, 5.74) is 6.51. The maximum atomic E-state index is 11.3. The van der Waals surface area contributed by atoms with Crippen LogP contribution in [0.3, 0.4) is 0 Å². The molecule has 1 amide bonds. The number of amides is 1. The van der Waals surface area contributed by atoms with Crippen LogP contribution in [0.5, 0.6) is 5.75 Å². The third-order valence-electron chi connectivity index (χ3n) is 2.35. The van der Waals surface area contributed by atoms with Crippen molar-refractivity contribution in [3.05, 3.63) is 48.3 Å².